The largest absolute Gasteiger partial charge is 0.550 e. The molecule has 1 N–H and O–H groups in total. The molecule has 0 saturated carbocycles. The van der Waals surface area contributed by atoms with E-state index in [2.05, 4.69) is 33.9 Å². The van der Waals surface area contributed by atoms with Crippen LogP contribution in [0.3, 0.4) is 0 Å². The van der Waals surface area contributed by atoms with Crippen molar-refractivity contribution in [3.63, 3.8) is 0 Å². The van der Waals surface area contributed by atoms with E-state index in [9.17, 15) is 9.46 Å². The van der Waals surface area contributed by atoms with Crippen molar-refractivity contribution >= 4 is 16.4 Å². The first-order valence-corrected chi connectivity index (χ1v) is 12.7. The van der Waals surface area contributed by atoms with Gasteiger partial charge in [0.25, 0.3) is 0 Å². The third-order valence-corrected chi connectivity index (χ3v) is 8.49. The number of hydrogen-bond donors (Lipinski definition) is 1. The fraction of sp³-hybridized carbons (Fsp3) is 0.875. The highest BCUT2D eigenvalue weighted by atomic mass is 31.2. The molecule has 0 aliphatic heterocycles. The molecule has 0 aromatic rings. The molecule has 0 amide bonds. The van der Waals surface area contributed by atoms with Gasteiger partial charge in [0, 0.05) is 12.6 Å². The second-order valence-electron chi connectivity index (χ2n) is 8.12. The van der Waals surface area contributed by atoms with E-state index in [1.54, 1.807) is 6.92 Å². The van der Waals surface area contributed by atoms with E-state index in [1.165, 1.54) is 0 Å². The normalized spacial score (nSPS) is 23.6. The van der Waals surface area contributed by atoms with Crippen molar-refractivity contribution in [1.29, 1.82) is 0 Å². The van der Waals surface area contributed by atoms with Crippen LogP contribution in [0.5, 0.6) is 0 Å². The molecule has 1 rings (SSSR count). The molecule has 21 heavy (non-hydrogen) atoms. The SMILES string of the molecule is CCP(=O)(O)C(C)(C)C1=C(O[SiH](C)C)CC(C(C)(C)C)C1. The minimum Gasteiger partial charge on any atom is -0.550 e. The fourth-order valence-electron chi connectivity index (χ4n) is 2.99. The van der Waals surface area contributed by atoms with Crippen molar-refractivity contribution in [3.8, 4) is 0 Å². The van der Waals surface area contributed by atoms with Gasteiger partial charge >= 0.3 is 0 Å². The van der Waals surface area contributed by atoms with Gasteiger partial charge in [0.2, 0.25) is 16.4 Å². The van der Waals surface area contributed by atoms with Crippen LogP contribution in [0.4, 0.5) is 0 Å². The molecular formula is C16H33O3PSi. The molecule has 3 nitrogen and oxygen atoms in total. The predicted octanol–water partition coefficient (Wildman–Crippen LogP) is 4.77. The van der Waals surface area contributed by atoms with E-state index in [0.717, 1.165) is 24.2 Å². The Hall–Kier alpha value is -0.0531. The third-order valence-electron chi connectivity index (χ3n) is 4.86. The van der Waals surface area contributed by atoms with Crippen molar-refractivity contribution in [3.05, 3.63) is 11.3 Å². The van der Waals surface area contributed by atoms with Gasteiger partial charge < -0.3 is 9.32 Å². The van der Waals surface area contributed by atoms with Gasteiger partial charge in [-0.3, -0.25) is 4.57 Å². The molecule has 2 atom stereocenters. The first-order chi connectivity index (χ1) is 9.33. The highest BCUT2D eigenvalue weighted by Crippen LogP contribution is 2.61. The Labute approximate surface area is 132 Å². The van der Waals surface area contributed by atoms with Crippen molar-refractivity contribution in [1.82, 2.24) is 0 Å². The van der Waals surface area contributed by atoms with Gasteiger partial charge in [0.05, 0.1) is 10.9 Å². The Morgan fingerprint density at radius 1 is 1.24 bits per heavy atom. The monoisotopic (exact) mass is 332 g/mol. The smallest absolute Gasteiger partial charge is 0.229 e. The summed E-state index contributed by atoms with van der Waals surface area (Å²) in [5.74, 6) is 1.51. The van der Waals surface area contributed by atoms with E-state index in [0.29, 0.717) is 12.1 Å². The van der Waals surface area contributed by atoms with E-state index in [1.807, 2.05) is 13.8 Å². The fourth-order valence-corrected chi connectivity index (χ4v) is 5.23. The molecule has 5 heteroatoms. The number of hydrogen-bond acceptors (Lipinski definition) is 2. The predicted molar refractivity (Wildman–Crippen MR) is 93.6 cm³/mol. The van der Waals surface area contributed by atoms with Gasteiger partial charge in [-0.2, -0.15) is 0 Å². The van der Waals surface area contributed by atoms with Crippen LogP contribution in [0, 0.1) is 11.3 Å². The topological polar surface area (TPSA) is 46.5 Å². The van der Waals surface area contributed by atoms with Crippen LogP contribution in [-0.2, 0) is 8.99 Å². The second-order valence-corrected chi connectivity index (χ2v) is 13.6. The Balaban J connectivity index is 3.22. The summed E-state index contributed by atoms with van der Waals surface area (Å²) in [7, 11) is -4.41. The van der Waals surface area contributed by atoms with Gasteiger partial charge in [-0.1, -0.05) is 27.7 Å². The maximum atomic E-state index is 12.7. The summed E-state index contributed by atoms with van der Waals surface area (Å²) in [6.45, 7) is 16.7. The first kappa shape index (κ1) is 19.0. The van der Waals surface area contributed by atoms with E-state index in [4.69, 9.17) is 4.43 Å². The van der Waals surface area contributed by atoms with Crippen LogP contribution in [0.1, 0.15) is 54.4 Å². The average molecular weight is 332 g/mol. The zero-order valence-electron chi connectivity index (χ0n) is 15.0. The van der Waals surface area contributed by atoms with Crippen LogP contribution in [0.25, 0.3) is 0 Å². The average Bonchev–Trinajstić information content (AvgIpc) is 2.72. The van der Waals surface area contributed by atoms with Crippen molar-refractivity contribution < 1.29 is 13.9 Å². The molecule has 0 aromatic heterocycles. The van der Waals surface area contributed by atoms with Gasteiger partial charge in [-0.05, 0) is 50.3 Å². The van der Waals surface area contributed by atoms with E-state index >= 15 is 0 Å². The molecule has 0 aromatic carbocycles. The lowest BCUT2D eigenvalue weighted by atomic mass is 9.78. The summed E-state index contributed by atoms with van der Waals surface area (Å²) in [6.07, 6.45) is 2.12. The summed E-state index contributed by atoms with van der Waals surface area (Å²) in [6, 6.07) is 0. The third kappa shape index (κ3) is 4.03. The van der Waals surface area contributed by atoms with Crippen LogP contribution >= 0.6 is 7.37 Å². The Morgan fingerprint density at radius 2 is 1.76 bits per heavy atom. The summed E-state index contributed by atoms with van der Waals surface area (Å²) < 4.78 is 18.8. The second kappa shape index (κ2) is 6.21. The van der Waals surface area contributed by atoms with E-state index in [-0.39, 0.29) is 5.41 Å². The minimum absolute atomic E-state index is 0.191. The lowest BCUT2D eigenvalue weighted by Gasteiger charge is -2.33. The minimum atomic E-state index is -3.21. The Kier molecular flexibility index (Phi) is 5.62. The van der Waals surface area contributed by atoms with Gasteiger partial charge in [-0.15, -0.1) is 0 Å². The summed E-state index contributed by atoms with van der Waals surface area (Å²) in [5.41, 5.74) is 1.28. The molecular weight excluding hydrogens is 299 g/mol. The van der Waals surface area contributed by atoms with Gasteiger partial charge in [0.1, 0.15) is 0 Å². The van der Waals surface area contributed by atoms with Crippen LogP contribution < -0.4 is 0 Å². The Bertz CT molecular complexity index is 461. The molecule has 0 bridgehead atoms. The summed E-state index contributed by atoms with van der Waals surface area (Å²) >= 11 is 0. The summed E-state index contributed by atoms with van der Waals surface area (Å²) in [4.78, 5) is 10.4. The molecule has 0 heterocycles. The highest BCUT2D eigenvalue weighted by molar-refractivity contribution is 7.59. The van der Waals surface area contributed by atoms with Crippen LogP contribution in [-0.4, -0.2) is 25.3 Å². The molecule has 1 aliphatic rings. The maximum absolute atomic E-state index is 12.7. The quantitative estimate of drug-likeness (QED) is 0.583. The molecule has 0 saturated heterocycles. The number of allylic oxidation sites excluding steroid dienone is 2. The van der Waals surface area contributed by atoms with Crippen LogP contribution in [0.2, 0.25) is 13.1 Å². The zero-order valence-corrected chi connectivity index (χ0v) is 17.0. The number of rotatable bonds is 5. The van der Waals surface area contributed by atoms with Crippen molar-refractivity contribution in [2.75, 3.05) is 6.16 Å². The van der Waals surface area contributed by atoms with Crippen molar-refractivity contribution in [2.45, 2.75) is 72.6 Å². The van der Waals surface area contributed by atoms with Gasteiger partial charge in [0.15, 0.2) is 0 Å². The standard InChI is InChI=1S/C16H33O3PSi/c1-9-20(17,18)16(5,6)13-10-12(15(2,3)4)11-14(13)19-21(7)8/h12,21H,9-11H2,1-8H3,(H,17,18). The van der Waals surface area contributed by atoms with Crippen molar-refractivity contribution in [2.24, 2.45) is 11.3 Å². The van der Waals surface area contributed by atoms with Gasteiger partial charge in [-0.25, -0.2) is 0 Å². The van der Waals surface area contributed by atoms with E-state index < -0.39 is 21.6 Å². The summed E-state index contributed by atoms with van der Waals surface area (Å²) in [5, 5.41) is -0.680. The molecule has 0 fully saturated rings. The molecule has 124 valence electrons. The molecule has 1 aliphatic carbocycles. The lowest BCUT2D eigenvalue weighted by Crippen LogP contribution is -2.26. The lowest BCUT2D eigenvalue weighted by molar-refractivity contribution is 0.236. The maximum Gasteiger partial charge on any atom is 0.229 e. The van der Waals surface area contributed by atoms with Crippen LogP contribution in [0.15, 0.2) is 11.3 Å². The highest BCUT2D eigenvalue weighted by Gasteiger charge is 2.47. The molecule has 0 radical (unpaired) electrons. The molecule has 0 spiro atoms. The Morgan fingerprint density at radius 3 is 2.14 bits per heavy atom. The first-order valence-electron chi connectivity index (χ1n) is 8.04. The zero-order chi connectivity index (χ0) is 16.6. The molecule has 2 unspecified atom stereocenters.